The Hall–Kier alpha value is -3.39. The maximum absolute atomic E-state index is 13.7. The average molecular weight is 463 g/mol. The van der Waals surface area contributed by atoms with Gasteiger partial charge in [-0.1, -0.05) is 42.5 Å². The van der Waals surface area contributed by atoms with Crippen LogP contribution in [0.1, 0.15) is 29.5 Å². The molecule has 0 aliphatic carbocycles. The van der Waals surface area contributed by atoms with E-state index in [1.165, 1.54) is 5.56 Å². The number of hydrogen-bond donors (Lipinski definition) is 4. The first-order chi connectivity index (χ1) is 16.5. The largest absolute Gasteiger partial charge is 0.384 e. The van der Waals surface area contributed by atoms with Crippen molar-refractivity contribution >= 4 is 23.3 Å². The first kappa shape index (κ1) is 23.8. The number of amidine groups is 1. The van der Waals surface area contributed by atoms with E-state index in [0.29, 0.717) is 57.5 Å². The summed E-state index contributed by atoms with van der Waals surface area (Å²) >= 11 is 0. The lowest BCUT2D eigenvalue weighted by Crippen LogP contribution is -2.51. The third kappa shape index (κ3) is 5.22. The number of nitrogens with two attached hydrogens (primary N) is 2. The maximum atomic E-state index is 13.7. The number of likely N-dealkylation sites (tertiary alicyclic amines) is 1. The van der Waals surface area contributed by atoms with Crippen LogP contribution >= 0.6 is 0 Å². The zero-order valence-electron chi connectivity index (χ0n) is 19.5. The van der Waals surface area contributed by atoms with Gasteiger partial charge in [0.2, 0.25) is 11.8 Å². The number of benzene rings is 2. The molecule has 6 N–H and O–H groups in total. The van der Waals surface area contributed by atoms with Gasteiger partial charge in [0, 0.05) is 56.3 Å². The Labute approximate surface area is 200 Å². The highest BCUT2D eigenvalue weighted by molar-refractivity contribution is 5.97. The number of anilines is 1. The first-order valence-corrected chi connectivity index (χ1v) is 12.0. The van der Waals surface area contributed by atoms with Crippen LogP contribution in [0.2, 0.25) is 0 Å². The van der Waals surface area contributed by atoms with Crippen LogP contribution in [0.5, 0.6) is 0 Å². The number of hydrogen-bond acceptors (Lipinski definition) is 5. The van der Waals surface area contributed by atoms with Crippen molar-refractivity contribution in [1.82, 2.24) is 10.2 Å². The van der Waals surface area contributed by atoms with E-state index < -0.39 is 0 Å². The molecule has 8 nitrogen and oxygen atoms in total. The minimum absolute atomic E-state index is 0.0237. The molecule has 1 unspecified atom stereocenters. The molecule has 0 saturated carbocycles. The Morgan fingerprint density at radius 3 is 2.50 bits per heavy atom. The van der Waals surface area contributed by atoms with Gasteiger partial charge in [0.15, 0.2) is 0 Å². The molecular formula is C26H34N6O2. The highest BCUT2D eigenvalue weighted by Gasteiger charge is 2.38. The lowest BCUT2D eigenvalue weighted by molar-refractivity contribution is -0.136. The molecule has 2 amide bonds. The molecule has 1 atom stereocenters. The van der Waals surface area contributed by atoms with Gasteiger partial charge in [0.05, 0.1) is 0 Å². The van der Waals surface area contributed by atoms with E-state index in [2.05, 4.69) is 22.3 Å². The summed E-state index contributed by atoms with van der Waals surface area (Å²) in [5, 5.41) is 10.7. The molecule has 2 heterocycles. The SMILES string of the molecule is N=C(N)c1ccc2c(c1)N(CCc1ccccc1)C(C(=O)N1CCC(C(=O)NCCN)CC1)C2. The summed E-state index contributed by atoms with van der Waals surface area (Å²) in [4.78, 5) is 30.0. The molecule has 0 radical (unpaired) electrons. The molecule has 2 aliphatic heterocycles. The third-order valence-electron chi connectivity index (χ3n) is 6.89. The van der Waals surface area contributed by atoms with Crippen LogP contribution < -0.4 is 21.7 Å². The van der Waals surface area contributed by atoms with Crippen LogP contribution in [0.25, 0.3) is 0 Å². The van der Waals surface area contributed by atoms with Crippen LogP contribution in [0.15, 0.2) is 48.5 Å². The highest BCUT2D eigenvalue weighted by Crippen LogP contribution is 2.35. The van der Waals surface area contributed by atoms with Gasteiger partial charge < -0.3 is 26.6 Å². The molecule has 0 spiro atoms. The van der Waals surface area contributed by atoms with Crippen molar-refractivity contribution < 1.29 is 9.59 Å². The van der Waals surface area contributed by atoms with Gasteiger partial charge in [-0.2, -0.15) is 0 Å². The van der Waals surface area contributed by atoms with Gasteiger partial charge in [0.1, 0.15) is 11.9 Å². The molecule has 1 saturated heterocycles. The monoisotopic (exact) mass is 462 g/mol. The summed E-state index contributed by atoms with van der Waals surface area (Å²) in [5.41, 5.74) is 15.2. The fourth-order valence-corrected chi connectivity index (χ4v) is 4.96. The molecule has 0 aromatic heterocycles. The summed E-state index contributed by atoms with van der Waals surface area (Å²) in [6, 6.07) is 15.7. The summed E-state index contributed by atoms with van der Waals surface area (Å²) in [6.45, 7) is 2.77. The number of nitrogens with one attached hydrogen (secondary N) is 2. The number of fused-ring (bicyclic) bond motifs is 1. The molecule has 2 aliphatic rings. The highest BCUT2D eigenvalue weighted by atomic mass is 16.2. The van der Waals surface area contributed by atoms with Crippen LogP contribution in [0.4, 0.5) is 5.69 Å². The number of piperidine rings is 1. The summed E-state index contributed by atoms with van der Waals surface area (Å²) in [6.07, 6.45) is 2.79. The van der Waals surface area contributed by atoms with Crippen molar-refractivity contribution in [2.75, 3.05) is 37.6 Å². The van der Waals surface area contributed by atoms with E-state index >= 15 is 0 Å². The molecule has 34 heavy (non-hydrogen) atoms. The van der Waals surface area contributed by atoms with E-state index in [0.717, 1.165) is 17.7 Å². The Kier molecular flexibility index (Phi) is 7.47. The molecule has 1 fully saturated rings. The van der Waals surface area contributed by atoms with Crippen molar-refractivity contribution in [3.8, 4) is 0 Å². The van der Waals surface area contributed by atoms with E-state index in [1.807, 2.05) is 41.3 Å². The second-order valence-corrected chi connectivity index (χ2v) is 9.09. The van der Waals surface area contributed by atoms with Crippen molar-refractivity contribution in [3.63, 3.8) is 0 Å². The standard InChI is InChI=1S/C26H34N6O2/c27-11-12-30-25(33)19-9-13-31(14-10-19)26(34)23-16-20-6-7-21(24(28)29)17-22(20)32(23)15-8-18-4-2-1-3-5-18/h1-7,17,19,23H,8-16,27H2,(H3,28,29)(H,30,33). The lowest BCUT2D eigenvalue weighted by atomic mass is 9.95. The van der Waals surface area contributed by atoms with Crippen molar-refractivity contribution in [1.29, 1.82) is 5.41 Å². The summed E-state index contributed by atoms with van der Waals surface area (Å²) in [7, 11) is 0. The van der Waals surface area contributed by atoms with E-state index in [-0.39, 0.29) is 29.6 Å². The molecule has 180 valence electrons. The molecule has 2 aromatic rings. The number of carbonyl (C=O) groups is 2. The number of rotatable bonds is 8. The predicted molar refractivity (Wildman–Crippen MR) is 134 cm³/mol. The Morgan fingerprint density at radius 1 is 1.09 bits per heavy atom. The molecule has 2 aromatic carbocycles. The Balaban J connectivity index is 1.48. The number of nitrogens with zero attached hydrogens (tertiary/aromatic N) is 2. The molecule has 8 heteroatoms. The van der Waals surface area contributed by atoms with Gasteiger partial charge in [-0.25, -0.2) is 0 Å². The van der Waals surface area contributed by atoms with Crippen molar-refractivity contribution in [3.05, 3.63) is 65.2 Å². The van der Waals surface area contributed by atoms with Crippen LogP contribution in [0, 0.1) is 11.3 Å². The zero-order valence-corrected chi connectivity index (χ0v) is 19.5. The van der Waals surface area contributed by atoms with Gasteiger partial charge in [0.25, 0.3) is 0 Å². The third-order valence-corrected chi connectivity index (χ3v) is 6.89. The van der Waals surface area contributed by atoms with Gasteiger partial charge in [-0.15, -0.1) is 0 Å². The molecular weight excluding hydrogens is 428 g/mol. The Bertz CT molecular complexity index is 1030. The minimum Gasteiger partial charge on any atom is -0.384 e. The predicted octanol–water partition coefficient (Wildman–Crippen LogP) is 1.26. The lowest BCUT2D eigenvalue weighted by Gasteiger charge is -2.36. The van der Waals surface area contributed by atoms with Gasteiger partial charge in [-0.3, -0.25) is 15.0 Å². The summed E-state index contributed by atoms with van der Waals surface area (Å²) < 4.78 is 0. The quantitative estimate of drug-likeness (QED) is 0.347. The van der Waals surface area contributed by atoms with Crippen LogP contribution in [-0.2, 0) is 22.4 Å². The number of nitrogen functional groups attached to an aromatic ring is 1. The normalized spacial score (nSPS) is 18.0. The average Bonchev–Trinajstić information content (AvgIpc) is 3.24. The van der Waals surface area contributed by atoms with Crippen molar-refractivity contribution in [2.24, 2.45) is 17.4 Å². The van der Waals surface area contributed by atoms with E-state index in [4.69, 9.17) is 16.9 Å². The second-order valence-electron chi connectivity index (χ2n) is 9.09. The fraction of sp³-hybridized carbons (Fsp3) is 0.423. The van der Waals surface area contributed by atoms with Gasteiger partial charge >= 0.3 is 0 Å². The van der Waals surface area contributed by atoms with Crippen LogP contribution in [0.3, 0.4) is 0 Å². The zero-order chi connectivity index (χ0) is 24.1. The fourth-order valence-electron chi connectivity index (χ4n) is 4.96. The van der Waals surface area contributed by atoms with Crippen molar-refractivity contribution in [2.45, 2.75) is 31.7 Å². The van der Waals surface area contributed by atoms with Crippen LogP contribution in [-0.4, -0.2) is 61.3 Å². The van der Waals surface area contributed by atoms with Gasteiger partial charge in [-0.05, 0) is 36.5 Å². The summed E-state index contributed by atoms with van der Waals surface area (Å²) in [5.74, 6) is 0.0979. The first-order valence-electron chi connectivity index (χ1n) is 12.0. The maximum Gasteiger partial charge on any atom is 0.245 e. The smallest absolute Gasteiger partial charge is 0.245 e. The number of amides is 2. The Morgan fingerprint density at radius 2 is 1.82 bits per heavy atom. The van der Waals surface area contributed by atoms with E-state index in [9.17, 15) is 9.59 Å². The second kappa shape index (κ2) is 10.7. The van der Waals surface area contributed by atoms with E-state index in [1.54, 1.807) is 0 Å². The number of carbonyl (C=O) groups excluding carboxylic acids is 2. The minimum atomic E-state index is -0.288. The molecule has 0 bridgehead atoms. The molecule has 4 rings (SSSR count). The topological polar surface area (TPSA) is 129 Å².